The summed E-state index contributed by atoms with van der Waals surface area (Å²) < 4.78 is 0. The SMILES string of the molecule is Cc1cccnc1CNC(=O)N(CC(=O)O)C1CCCC1. The van der Waals surface area contributed by atoms with E-state index in [2.05, 4.69) is 10.3 Å². The molecule has 6 heteroatoms. The fourth-order valence-electron chi connectivity index (χ4n) is 2.69. The third-order valence-electron chi connectivity index (χ3n) is 3.86. The van der Waals surface area contributed by atoms with Gasteiger partial charge in [0.15, 0.2) is 0 Å². The largest absolute Gasteiger partial charge is 0.480 e. The van der Waals surface area contributed by atoms with Gasteiger partial charge in [0, 0.05) is 12.2 Å². The van der Waals surface area contributed by atoms with Gasteiger partial charge >= 0.3 is 12.0 Å². The molecule has 0 bridgehead atoms. The number of nitrogens with zero attached hydrogens (tertiary/aromatic N) is 2. The second-order valence-corrected chi connectivity index (χ2v) is 5.39. The summed E-state index contributed by atoms with van der Waals surface area (Å²) in [6.07, 6.45) is 5.54. The standard InChI is InChI=1S/C15H21N3O3/c1-11-5-4-8-16-13(11)9-17-15(21)18(10-14(19)20)12-6-2-3-7-12/h4-5,8,12H,2-3,6-7,9-10H2,1H3,(H,17,21)(H,19,20). The maximum absolute atomic E-state index is 12.3. The summed E-state index contributed by atoms with van der Waals surface area (Å²) in [4.78, 5) is 28.9. The third-order valence-corrected chi connectivity index (χ3v) is 3.86. The van der Waals surface area contributed by atoms with E-state index >= 15 is 0 Å². The maximum Gasteiger partial charge on any atom is 0.323 e. The molecule has 1 aromatic heterocycles. The first-order chi connectivity index (χ1) is 10.1. The average Bonchev–Trinajstić information content (AvgIpc) is 2.97. The van der Waals surface area contributed by atoms with Gasteiger partial charge < -0.3 is 15.3 Å². The minimum Gasteiger partial charge on any atom is -0.480 e. The van der Waals surface area contributed by atoms with E-state index in [1.165, 1.54) is 4.90 Å². The lowest BCUT2D eigenvalue weighted by atomic mass is 10.2. The molecule has 1 aliphatic carbocycles. The molecule has 2 N–H and O–H groups in total. The summed E-state index contributed by atoms with van der Waals surface area (Å²) in [6, 6.07) is 3.48. The highest BCUT2D eigenvalue weighted by atomic mass is 16.4. The molecule has 1 aliphatic rings. The number of aliphatic carboxylic acids is 1. The number of hydrogen-bond acceptors (Lipinski definition) is 3. The monoisotopic (exact) mass is 291 g/mol. The first-order valence-electron chi connectivity index (χ1n) is 7.24. The molecule has 0 aromatic carbocycles. The number of aryl methyl sites for hydroxylation is 1. The molecular weight excluding hydrogens is 270 g/mol. The molecular formula is C15H21N3O3. The lowest BCUT2D eigenvalue weighted by Crippen LogP contribution is -2.47. The Morgan fingerprint density at radius 2 is 2.14 bits per heavy atom. The Labute approximate surface area is 124 Å². The van der Waals surface area contributed by atoms with Crippen LogP contribution in [0.3, 0.4) is 0 Å². The number of rotatable bonds is 5. The first kappa shape index (κ1) is 15.3. The summed E-state index contributed by atoms with van der Waals surface area (Å²) in [5.41, 5.74) is 1.80. The molecule has 6 nitrogen and oxygen atoms in total. The molecule has 1 fully saturated rings. The molecule has 1 heterocycles. The van der Waals surface area contributed by atoms with Crippen molar-refractivity contribution in [2.24, 2.45) is 0 Å². The van der Waals surface area contributed by atoms with Crippen molar-refractivity contribution in [3.8, 4) is 0 Å². The zero-order valence-corrected chi connectivity index (χ0v) is 12.2. The van der Waals surface area contributed by atoms with Crippen LogP contribution in [0.2, 0.25) is 0 Å². The van der Waals surface area contributed by atoms with Gasteiger partial charge in [0.2, 0.25) is 0 Å². The number of pyridine rings is 1. The Balaban J connectivity index is 1.97. The van der Waals surface area contributed by atoms with E-state index in [-0.39, 0.29) is 18.6 Å². The van der Waals surface area contributed by atoms with Crippen molar-refractivity contribution >= 4 is 12.0 Å². The van der Waals surface area contributed by atoms with Gasteiger partial charge in [0.05, 0.1) is 12.2 Å². The lowest BCUT2D eigenvalue weighted by Gasteiger charge is -2.27. The number of aromatic nitrogens is 1. The van der Waals surface area contributed by atoms with Gasteiger partial charge in [0.1, 0.15) is 6.54 Å². The van der Waals surface area contributed by atoms with Crippen LogP contribution in [0.25, 0.3) is 0 Å². The van der Waals surface area contributed by atoms with Crippen molar-refractivity contribution in [3.05, 3.63) is 29.6 Å². The van der Waals surface area contributed by atoms with Crippen LogP contribution in [0.1, 0.15) is 36.9 Å². The molecule has 0 spiro atoms. The highest BCUT2D eigenvalue weighted by Crippen LogP contribution is 2.23. The van der Waals surface area contributed by atoms with Crippen LogP contribution in [-0.2, 0) is 11.3 Å². The van der Waals surface area contributed by atoms with E-state index in [4.69, 9.17) is 5.11 Å². The second kappa shape index (κ2) is 7.06. The number of amides is 2. The normalized spacial score (nSPS) is 14.9. The molecule has 1 aromatic rings. The number of carboxylic acid groups (broad SMARTS) is 1. The highest BCUT2D eigenvalue weighted by molar-refractivity contribution is 5.80. The predicted molar refractivity (Wildman–Crippen MR) is 77.8 cm³/mol. The van der Waals surface area contributed by atoms with Crippen molar-refractivity contribution in [2.75, 3.05) is 6.54 Å². The van der Waals surface area contributed by atoms with Gasteiger partial charge in [-0.2, -0.15) is 0 Å². The van der Waals surface area contributed by atoms with Gasteiger partial charge in [-0.1, -0.05) is 18.9 Å². The van der Waals surface area contributed by atoms with Crippen LogP contribution in [0.5, 0.6) is 0 Å². The third kappa shape index (κ3) is 4.18. The topological polar surface area (TPSA) is 82.5 Å². The van der Waals surface area contributed by atoms with Crippen molar-refractivity contribution < 1.29 is 14.7 Å². The van der Waals surface area contributed by atoms with Crippen LogP contribution in [0.15, 0.2) is 18.3 Å². The fraction of sp³-hybridized carbons (Fsp3) is 0.533. The van der Waals surface area contributed by atoms with Gasteiger partial charge in [-0.25, -0.2) is 4.79 Å². The minimum absolute atomic E-state index is 0.0333. The van der Waals surface area contributed by atoms with E-state index < -0.39 is 5.97 Å². The van der Waals surface area contributed by atoms with E-state index in [1.54, 1.807) is 6.20 Å². The van der Waals surface area contributed by atoms with Crippen LogP contribution in [0, 0.1) is 6.92 Å². The van der Waals surface area contributed by atoms with E-state index in [0.717, 1.165) is 36.9 Å². The van der Waals surface area contributed by atoms with Crippen LogP contribution in [-0.4, -0.2) is 39.6 Å². The van der Waals surface area contributed by atoms with Gasteiger partial charge in [0.25, 0.3) is 0 Å². The predicted octanol–water partition coefficient (Wildman–Crippen LogP) is 1.93. The summed E-state index contributed by atoms with van der Waals surface area (Å²) in [7, 11) is 0. The number of carbonyl (C=O) groups excluding carboxylic acids is 1. The molecule has 0 atom stereocenters. The van der Waals surface area contributed by atoms with Gasteiger partial charge in [-0.05, 0) is 31.4 Å². The van der Waals surface area contributed by atoms with Gasteiger partial charge in [-0.15, -0.1) is 0 Å². The second-order valence-electron chi connectivity index (χ2n) is 5.39. The molecule has 114 valence electrons. The number of nitrogens with one attached hydrogen (secondary N) is 1. The lowest BCUT2D eigenvalue weighted by molar-refractivity contribution is -0.138. The number of carbonyl (C=O) groups is 2. The Bertz CT molecular complexity index is 513. The van der Waals surface area contributed by atoms with E-state index in [1.807, 2.05) is 19.1 Å². The average molecular weight is 291 g/mol. The summed E-state index contributed by atoms with van der Waals surface area (Å²) in [5.74, 6) is -0.980. The Morgan fingerprint density at radius 3 is 2.76 bits per heavy atom. The van der Waals surface area contributed by atoms with Crippen molar-refractivity contribution in [1.82, 2.24) is 15.2 Å². The molecule has 21 heavy (non-hydrogen) atoms. The zero-order valence-electron chi connectivity index (χ0n) is 12.2. The number of urea groups is 1. The van der Waals surface area contributed by atoms with Crippen LogP contribution < -0.4 is 5.32 Å². The molecule has 0 unspecified atom stereocenters. The van der Waals surface area contributed by atoms with E-state index in [9.17, 15) is 9.59 Å². The van der Waals surface area contributed by atoms with Gasteiger partial charge in [-0.3, -0.25) is 9.78 Å². The molecule has 0 aliphatic heterocycles. The Kier molecular flexibility index (Phi) is 5.14. The smallest absolute Gasteiger partial charge is 0.323 e. The fourth-order valence-corrected chi connectivity index (χ4v) is 2.69. The van der Waals surface area contributed by atoms with E-state index in [0.29, 0.717) is 6.54 Å². The Hall–Kier alpha value is -2.11. The number of hydrogen-bond donors (Lipinski definition) is 2. The maximum atomic E-state index is 12.3. The summed E-state index contributed by atoms with van der Waals surface area (Å²) >= 11 is 0. The van der Waals surface area contributed by atoms with Crippen molar-refractivity contribution in [2.45, 2.75) is 45.2 Å². The molecule has 1 saturated carbocycles. The Morgan fingerprint density at radius 1 is 1.43 bits per heavy atom. The quantitative estimate of drug-likeness (QED) is 0.868. The minimum atomic E-state index is -0.980. The highest BCUT2D eigenvalue weighted by Gasteiger charge is 2.28. The molecule has 2 amide bonds. The molecule has 0 radical (unpaired) electrons. The zero-order chi connectivity index (χ0) is 15.2. The number of carboxylic acids is 1. The van der Waals surface area contributed by atoms with Crippen LogP contribution >= 0.6 is 0 Å². The first-order valence-corrected chi connectivity index (χ1v) is 7.24. The summed E-state index contributed by atoms with van der Waals surface area (Å²) in [6.45, 7) is 1.99. The van der Waals surface area contributed by atoms with Crippen molar-refractivity contribution in [1.29, 1.82) is 0 Å². The molecule has 2 rings (SSSR count). The molecule has 0 saturated heterocycles. The van der Waals surface area contributed by atoms with Crippen LogP contribution in [0.4, 0.5) is 4.79 Å². The van der Waals surface area contributed by atoms with Crippen molar-refractivity contribution in [3.63, 3.8) is 0 Å². The summed E-state index contributed by atoms with van der Waals surface area (Å²) in [5, 5.41) is 11.8.